The number of hydrogen-bond donors (Lipinski definition) is 1. The fourth-order valence-electron chi connectivity index (χ4n) is 1.21. The Labute approximate surface area is 78.7 Å². The molecule has 3 heteroatoms. The van der Waals surface area contributed by atoms with Crippen LogP contribution in [-0.4, -0.2) is 6.04 Å². The van der Waals surface area contributed by atoms with Gasteiger partial charge in [-0.2, -0.15) is 0 Å². The summed E-state index contributed by atoms with van der Waals surface area (Å²) in [4.78, 5) is 2.81. The van der Waals surface area contributed by atoms with E-state index in [1.54, 1.807) is 0 Å². The highest BCUT2D eigenvalue weighted by Crippen LogP contribution is 2.44. The average Bonchev–Trinajstić information content (AvgIpc) is 2.56. The Morgan fingerprint density at radius 2 is 2.36 bits per heavy atom. The molecule has 1 aliphatic carbocycles. The first-order valence-electron chi connectivity index (χ1n) is 3.70. The average molecular weight is 232 g/mol. The van der Waals surface area contributed by atoms with Gasteiger partial charge >= 0.3 is 0 Å². The number of hydrogen-bond acceptors (Lipinski definition) is 2. The van der Waals surface area contributed by atoms with Gasteiger partial charge in [0.15, 0.2) is 0 Å². The van der Waals surface area contributed by atoms with Crippen molar-refractivity contribution in [3.05, 3.63) is 20.3 Å². The lowest BCUT2D eigenvalue weighted by Gasteiger charge is -1.87. The van der Waals surface area contributed by atoms with Gasteiger partial charge in [0.25, 0.3) is 0 Å². The molecule has 0 amide bonds. The maximum Gasteiger partial charge on any atom is 0.0314 e. The first-order valence-corrected chi connectivity index (χ1v) is 5.31. The molecule has 11 heavy (non-hydrogen) atoms. The summed E-state index contributed by atoms with van der Waals surface area (Å²) in [5.41, 5.74) is 5.75. The molecule has 0 spiro atoms. The van der Waals surface area contributed by atoms with Crippen LogP contribution in [0.2, 0.25) is 0 Å². The van der Waals surface area contributed by atoms with Crippen molar-refractivity contribution in [2.45, 2.75) is 25.3 Å². The molecule has 0 saturated heterocycles. The topological polar surface area (TPSA) is 26.0 Å². The normalized spacial score (nSPS) is 29.0. The van der Waals surface area contributed by atoms with Crippen LogP contribution in [0.5, 0.6) is 0 Å². The molecule has 60 valence electrons. The molecule has 1 heterocycles. The van der Waals surface area contributed by atoms with E-state index < -0.39 is 0 Å². The first-order chi connectivity index (χ1) is 5.18. The third-order valence-corrected chi connectivity index (χ3v) is 4.35. The number of thiophene rings is 1. The number of nitrogens with two attached hydrogens (primary N) is 1. The molecule has 0 bridgehead atoms. The van der Waals surface area contributed by atoms with Gasteiger partial charge in [-0.05, 0) is 35.3 Å². The molecule has 1 saturated carbocycles. The van der Waals surface area contributed by atoms with E-state index in [0.29, 0.717) is 12.0 Å². The minimum Gasteiger partial charge on any atom is -0.327 e. The highest BCUT2D eigenvalue weighted by atomic mass is 79.9. The van der Waals surface area contributed by atoms with Crippen LogP contribution in [0.15, 0.2) is 10.5 Å². The number of rotatable bonds is 1. The molecule has 2 N–H and O–H groups in total. The van der Waals surface area contributed by atoms with Gasteiger partial charge in [0.05, 0.1) is 0 Å². The fourth-order valence-corrected chi connectivity index (χ4v) is 2.96. The van der Waals surface area contributed by atoms with Gasteiger partial charge in [-0.1, -0.05) is 0 Å². The van der Waals surface area contributed by atoms with E-state index in [1.807, 2.05) is 11.3 Å². The van der Waals surface area contributed by atoms with Crippen LogP contribution in [0.1, 0.15) is 22.1 Å². The Hall–Kier alpha value is 0.140. The van der Waals surface area contributed by atoms with Gasteiger partial charge in [0, 0.05) is 26.2 Å². The third-order valence-electron chi connectivity index (χ3n) is 2.08. The lowest BCUT2D eigenvalue weighted by Crippen LogP contribution is -1.99. The van der Waals surface area contributed by atoms with Crippen molar-refractivity contribution in [2.75, 3.05) is 0 Å². The summed E-state index contributed by atoms with van der Waals surface area (Å²) in [7, 11) is 0. The van der Waals surface area contributed by atoms with Crippen LogP contribution in [0, 0.1) is 6.92 Å². The number of aryl methyl sites for hydroxylation is 1. The highest BCUT2D eigenvalue weighted by Gasteiger charge is 2.36. The van der Waals surface area contributed by atoms with E-state index in [1.165, 1.54) is 20.6 Å². The fraction of sp³-hybridized carbons (Fsp3) is 0.500. The first kappa shape index (κ1) is 7.77. The molecule has 0 aliphatic heterocycles. The molecular formula is C8H10BrNS. The summed E-state index contributed by atoms with van der Waals surface area (Å²) < 4.78 is 1.23. The van der Waals surface area contributed by atoms with Crippen LogP contribution in [0.4, 0.5) is 0 Å². The van der Waals surface area contributed by atoms with Crippen molar-refractivity contribution in [2.24, 2.45) is 5.73 Å². The Kier molecular flexibility index (Phi) is 1.82. The Balaban J connectivity index is 2.26. The Morgan fingerprint density at radius 3 is 2.73 bits per heavy atom. The zero-order valence-electron chi connectivity index (χ0n) is 6.30. The molecule has 1 aromatic heterocycles. The van der Waals surface area contributed by atoms with Gasteiger partial charge in [-0.3, -0.25) is 0 Å². The van der Waals surface area contributed by atoms with Crippen molar-refractivity contribution in [1.82, 2.24) is 0 Å². The molecule has 0 radical (unpaired) electrons. The Morgan fingerprint density at radius 1 is 1.73 bits per heavy atom. The summed E-state index contributed by atoms with van der Waals surface area (Å²) in [5.74, 6) is 0.657. The SMILES string of the molecule is Cc1sc(C2CC2N)cc1Br. The second-order valence-corrected chi connectivity index (χ2v) is 5.20. The molecule has 1 fully saturated rings. The van der Waals surface area contributed by atoms with Crippen molar-refractivity contribution < 1.29 is 0 Å². The number of halogens is 1. The molecule has 2 rings (SSSR count). The molecule has 0 aromatic carbocycles. The van der Waals surface area contributed by atoms with E-state index in [0.717, 1.165) is 0 Å². The van der Waals surface area contributed by atoms with Gasteiger partial charge in [0.2, 0.25) is 0 Å². The molecule has 2 atom stereocenters. The highest BCUT2D eigenvalue weighted by molar-refractivity contribution is 9.10. The van der Waals surface area contributed by atoms with Crippen LogP contribution in [-0.2, 0) is 0 Å². The maximum absolute atomic E-state index is 5.75. The summed E-state index contributed by atoms with van der Waals surface area (Å²) in [6, 6.07) is 2.64. The lowest BCUT2D eigenvalue weighted by molar-refractivity contribution is 1.01. The van der Waals surface area contributed by atoms with Crippen molar-refractivity contribution in [1.29, 1.82) is 0 Å². The van der Waals surface area contributed by atoms with Crippen molar-refractivity contribution in [3.63, 3.8) is 0 Å². The third kappa shape index (κ3) is 1.37. The van der Waals surface area contributed by atoms with E-state index in [-0.39, 0.29) is 0 Å². The standard InChI is InChI=1S/C8H10BrNS/c1-4-6(9)3-8(11-4)5-2-7(5)10/h3,5,7H,2,10H2,1H3. The largest absolute Gasteiger partial charge is 0.327 e. The van der Waals surface area contributed by atoms with E-state index in [9.17, 15) is 0 Å². The van der Waals surface area contributed by atoms with E-state index >= 15 is 0 Å². The second kappa shape index (κ2) is 2.57. The molecular weight excluding hydrogens is 222 g/mol. The summed E-state index contributed by atoms with van der Waals surface area (Å²) in [5, 5.41) is 0. The summed E-state index contributed by atoms with van der Waals surface area (Å²) >= 11 is 5.36. The van der Waals surface area contributed by atoms with Crippen molar-refractivity contribution >= 4 is 27.3 Å². The zero-order chi connectivity index (χ0) is 8.01. The molecule has 1 aliphatic rings. The van der Waals surface area contributed by atoms with Crippen LogP contribution in [0.25, 0.3) is 0 Å². The van der Waals surface area contributed by atoms with Crippen LogP contribution >= 0.6 is 27.3 Å². The molecule has 2 unspecified atom stereocenters. The van der Waals surface area contributed by atoms with Gasteiger partial charge in [-0.25, -0.2) is 0 Å². The predicted molar refractivity (Wildman–Crippen MR) is 52.1 cm³/mol. The van der Waals surface area contributed by atoms with Crippen molar-refractivity contribution in [3.8, 4) is 0 Å². The van der Waals surface area contributed by atoms with Gasteiger partial charge in [-0.15, -0.1) is 11.3 Å². The predicted octanol–water partition coefficient (Wildman–Crippen LogP) is 2.63. The zero-order valence-corrected chi connectivity index (χ0v) is 8.71. The minimum atomic E-state index is 0.431. The van der Waals surface area contributed by atoms with Gasteiger partial charge in [0.1, 0.15) is 0 Å². The monoisotopic (exact) mass is 231 g/mol. The second-order valence-electron chi connectivity index (χ2n) is 3.06. The van der Waals surface area contributed by atoms with E-state index in [2.05, 4.69) is 28.9 Å². The van der Waals surface area contributed by atoms with Crippen LogP contribution in [0.3, 0.4) is 0 Å². The van der Waals surface area contributed by atoms with Crippen LogP contribution < -0.4 is 5.73 Å². The minimum absolute atomic E-state index is 0.431. The quantitative estimate of drug-likeness (QED) is 0.791. The molecule has 1 nitrogen and oxygen atoms in total. The Bertz CT molecular complexity index is 262. The van der Waals surface area contributed by atoms with E-state index in [4.69, 9.17) is 5.73 Å². The lowest BCUT2D eigenvalue weighted by atomic mass is 10.3. The van der Waals surface area contributed by atoms with Gasteiger partial charge < -0.3 is 5.73 Å². The maximum atomic E-state index is 5.75. The smallest absolute Gasteiger partial charge is 0.0314 e. The molecule has 1 aromatic rings. The summed E-state index contributed by atoms with van der Waals surface area (Å²) in [6.07, 6.45) is 1.17. The summed E-state index contributed by atoms with van der Waals surface area (Å²) in [6.45, 7) is 2.13.